The van der Waals surface area contributed by atoms with E-state index in [1.807, 2.05) is 12.1 Å². The maximum Gasteiger partial charge on any atom is 0.133 e. The smallest absolute Gasteiger partial charge is 0.133 e. The van der Waals surface area contributed by atoms with Crippen LogP contribution >= 0.6 is 140 Å². The minimum atomic E-state index is -0.549. The fourth-order valence-corrected chi connectivity index (χ4v) is 11.8. The lowest BCUT2D eigenvalue weighted by Gasteiger charge is -2.15. The van der Waals surface area contributed by atoms with Gasteiger partial charge in [0.1, 0.15) is 11.6 Å². The zero-order chi connectivity index (χ0) is 47.7. The van der Waals surface area contributed by atoms with Crippen LogP contribution in [0.2, 0.25) is 50.2 Å². The standard InChI is InChI=1S/C24H14Cl6N2S.C24H14Cl4F2N2S/c25-13-5-11(7-15(31)9-13)21-17(27)1-3-19(23(21)29)33-20-4-2-18(28)22(24(20)30)12-6-14(26)10-16(32)8-12;25-15-5-7-19(23(27)21(15)13-3-1-11(31)9-17(13)29)33-20-8-6-16(26)22(24(20)28)14-4-2-12(32)10-18(14)30/h2*1-10H,31-32H2. The number of nitrogens with two attached hydrogens (primary N) is 4. The first-order valence-corrected chi connectivity index (χ1v) is 24.2. The first-order valence-electron chi connectivity index (χ1n) is 18.8. The fourth-order valence-electron chi connectivity index (χ4n) is 6.69. The van der Waals surface area contributed by atoms with Gasteiger partial charge in [0.15, 0.2) is 0 Å². The molecule has 0 spiro atoms. The van der Waals surface area contributed by atoms with Gasteiger partial charge in [0.05, 0.1) is 30.1 Å². The maximum atomic E-state index is 14.6. The number of rotatable bonds is 8. The molecule has 8 aromatic carbocycles. The van der Waals surface area contributed by atoms with Crippen molar-refractivity contribution >= 4 is 162 Å². The molecule has 0 unspecified atom stereocenters. The Morgan fingerprint density at radius 2 is 0.621 bits per heavy atom. The molecule has 0 radical (unpaired) electrons. The maximum absolute atomic E-state index is 14.6. The predicted octanol–water partition coefficient (Wildman–Crippen LogP) is 19.5. The molecule has 8 N–H and O–H groups in total. The summed E-state index contributed by atoms with van der Waals surface area (Å²) in [5, 5.41) is 3.86. The van der Waals surface area contributed by atoms with Gasteiger partial charge in [-0.25, -0.2) is 8.78 Å². The van der Waals surface area contributed by atoms with Crippen LogP contribution in [0.3, 0.4) is 0 Å². The molecule has 4 nitrogen and oxygen atoms in total. The van der Waals surface area contributed by atoms with Gasteiger partial charge in [-0.05, 0) is 132 Å². The van der Waals surface area contributed by atoms with E-state index in [1.165, 1.54) is 47.8 Å². The Labute approximate surface area is 437 Å². The van der Waals surface area contributed by atoms with E-state index < -0.39 is 11.6 Å². The molecule has 0 aliphatic heterocycles. The SMILES string of the molecule is Nc1cc(Cl)cc(-c2c(Cl)ccc(Sc3ccc(Cl)c(-c4cc(N)cc(Cl)c4)c3Cl)c2Cl)c1.Nc1ccc(-c2c(Cl)ccc(Sc3ccc(Cl)c(-c4ccc(N)cc4F)c3Cl)c2Cl)c(F)c1. The predicted molar refractivity (Wildman–Crippen MR) is 283 cm³/mol. The van der Waals surface area contributed by atoms with Gasteiger partial charge in [-0.15, -0.1) is 0 Å². The highest BCUT2D eigenvalue weighted by Gasteiger charge is 2.22. The van der Waals surface area contributed by atoms with Crippen molar-refractivity contribution in [2.75, 3.05) is 22.9 Å². The van der Waals surface area contributed by atoms with E-state index in [4.69, 9.17) is 139 Å². The second-order valence-corrected chi connectivity index (χ2v) is 20.3. The van der Waals surface area contributed by atoms with Gasteiger partial charge in [-0.1, -0.05) is 140 Å². The third-order valence-corrected chi connectivity index (χ3v) is 15.6. The van der Waals surface area contributed by atoms with E-state index in [-0.39, 0.29) is 42.6 Å². The summed E-state index contributed by atoms with van der Waals surface area (Å²) in [6.07, 6.45) is 0. The molecule has 0 fully saturated rings. The first kappa shape index (κ1) is 50.3. The largest absolute Gasteiger partial charge is 0.399 e. The minimum Gasteiger partial charge on any atom is -0.399 e. The van der Waals surface area contributed by atoms with Crippen LogP contribution in [0.15, 0.2) is 141 Å². The van der Waals surface area contributed by atoms with Gasteiger partial charge < -0.3 is 22.9 Å². The third kappa shape index (κ3) is 11.1. The average Bonchev–Trinajstić information content (AvgIpc) is 3.23. The molecule has 0 aliphatic rings. The number of hydrogen-bond acceptors (Lipinski definition) is 6. The number of hydrogen-bond donors (Lipinski definition) is 4. The van der Waals surface area contributed by atoms with Crippen LogP contribution in [-0.2, 0) is 0 Å². The second kappa shape index (κ2) is 21.4. The normalized spacial score (nSPS) is 11.1. The van der Waals surface area contributed by atoms with Crippen molar-refractivity contribution in [1.29, 1.82) is 0 Å². The summed E-state index contributed by atoms with van der Waals surface area (Å²) in [4.78, 5) is 2.63. The van der Waals surface area contributed by atoms with Gasteiger partial charge in [0.2, 0.25) is 0 Å². The quantitative estimate of drug-likeness (QED) is 0.113. The van der Waals surface area contributed by atoms with Crippen molar-refractivity contribution in [2.45, 2.75) is 19.6 Å². The zero-order valence-corrected chi connectivity index (χ0v) is 42.4. The topological polar surface area (TPSA) is 104 Å². The molecule has 8 aromatic rings. The molecule has 18 heteroatoms. The van der Waals surface area contributed by atoms with Crippen LogP contribution in [-0.4, -0.2) is 0 Å². The summed E-state index contributed by atoms with van der Waals surface area (Å²) in [6, 6.07) is 32.7. The van der Waals surface area contributed by atoms with E-state index in [1.54, 1.807) is 84.9 Å². The van der Waals surface area contributed by atoms with Crippen molar-refractivity contribution in [3.8, 4) is 44.5 Å². The summed E-state index contributed by atoms with van der Waals surface area (Å²) in [6.45, 7) is 0. The Morgan fingerprint density at radius 3 is 0.924 bits per heavy atom. The molecule has 66 heavy (non-hydrogen) atoms. The summed E-state index contributed by atoms with van der Waals surface area (Å²) < 4.78 is 29.2. The van der Waals surface area contributed by atoms with Crippen LogP contribution in [0.4, 0.5) is 31.5 Å². The van der Waals surface area contributed by atoms with Crippen molar-refractivity contribution in [2.24, 2.45) is 0 Å². The van der Waals surface area contributed by atoms with Gasteiger partial charge in [-0.2, -0.15) is 0 Å². The summed E-state index contributed by atoms with van der Waals surface area (Å²) in [5.41, 5.74) is 28.6. The summed E-state index contributed by atoms with van der Waals surface area (Å²) in [5.74, 6) is -1.10. The molecule has 0 heterocycles. The number of halogens is 12. The van der Waals surface area contributed by atoms with Crippen molar-refractivity contribution in [3.63, 3.8) is 0 Å². The Bertz CT molecular complexity index is 2960. The molecule has 0 saturated carbocycles. The summed E-state index contributed by atoms with van der Waals surface area (Å²) in [7, 11) is 0. The molecule has 0 amide bonds. The molecule has 0 saturated heterocycles. The highest BCUT2D eigenvalue weighted by atomic mass is 35.5. The number of benzene rings is 8. The monoisotopic (exact) mass is 1110 g/mol. The molecular weight excluding hydrogens is 1090 g/mol. The van der Waals surface area contributed by atoms with Crippen molar-refractivity contribution in [1.82, 2.24) is 0 Å². The fraction of sp³-hybridized carbons (Fsp3) is 0. The Morgan fingerprint density at radius 1 is 0.318 bits per heavy atom. The van der Waals surface area contributed by atoms with E-state index in [0.29, 0.717) is 73.6 Å². The number of anilines is 4. The highest BCUT2D eigenvalue weighted by Crippen LogP contribution is 2.50. The molecular formula is C48H28Cl10F2N4S2. The Kier molecular flexibility index (Phi) is 16.3. The lowest BCUT2D eigenvalue weighted by molar-refractivity contribution is 0.631. The number of nitrogen functional groups attached to an aromatic ring is 4. The Hall–Kier alpha value is -3.58. The van der Waals surface area contributed by atoms with Gasteiger partial charge in [0, 0.05) is 95.8 Å². The van der Waals surface area contributed by atoms with Crippen LogP contribution in [0.25, 0.3) is 44.5 Å². The van der Waals surface area contributed by atoms with Crippen molar-refractivity contribution < 1.29 is 8.78 Å². The minimum absolute atomic E-state index is 0.216. The van der Waals surface area contributed by atoms with Crippen LogP contribution < -0.4 is 22.9 Å². The highest BCUT2D eigenvalue weighted by molar-refractivity contribution is 7.99. The molecule has 0 bridgehead atoms. The van der Waals surface area contributed by atoms with Gasteiger partial charge in [-0.3, -0.25) is 0 Å². The first-order chi connectivity index (χ1) is 31.3. The molecule has 8 rings (SSSR count). The average molecular weight is 1120 g/mol. The van der Waals surface area contributed by atoms with Crippen LogP contribution in [0, 0.1) is 11.6 Å². The van der Waals surface area contributed by atoms with E-state index >= 15 is 0 Å². The van der Waals surface area contributed by atoms with E-state index in [0.717, 1.165) is 20.9 Å². The third-order valence-electron chi connectivity index (χ3n) is 9.61. The molecule has 0 aliphatic carbocycles. The van der Waals surface area contributed by atoms with Crippen molar-refractivity contribution in [3.05, 3.63) is 183 Å². The second-order valence-electron chi connectivity index (χ2n) is 14.2. The molecule has 0 aromatic heterocycles. The lowest BCUT2D eigenvalue weighted by atomic mass is 10.0. The van der Waals surface area contributed by atoms with E-state index in [2.05, 4.69) is 0 Å². The van der Waals surface area contributed by atoms with Crippen LogP contribution in [0.1, 0.15) is 0 Å². The Balaban J connectivity index is 0.000000196. The lowest BCUT2D eigenvalue weighted by Crippen LogP contribution is -1.93. The van der Waals surface area contributed by atoms with Gasteiger partial charge >= 0.3 is 0 Å². The van der Waals surface area contributed by atoms with Gasteiger partial charge in [0.25, 0.3) is 0 Å². The molecule has 0 atom stereocenters. The summed E-state index contributed by atoms with van der Waals surface area (Å²) >= 11 is 67.5. The molecule has 336 valence electrons. The zero-order valence-electron chi connectivity index (χ0n) is 33.2. The van der Waals surface area contributed by atoms with E-state index in [9.17, 15) is 8.78 Å². The van der Waals surface area contributed by atoms with Crippen LogP contribution in [0.5, 0.6) is 0 Å².